The minimum atomic E-state index is -0.544. The van der Waals surface area contributed by atoms with E-state index in [1.807, 2.05) is 20.8 Å². The first-order valence-corrected chi connectivity index (χ1v) is 8.91. The molecule has 6 nitrogen and oxygen atoms in total. The zero-order valence-electron chi connectivity index (χ0n) is 15.3. The number of hydrogen-bond acceptors (Lipinski definition) is 4. The van der Waals surface area contributed by atoms with Crippen LogP contribution in [0.2, 0.25) is 0 Å². The molecule has 0 bridgehead atoms. The monoisotopic (exact) mass is 347 g/mol. The highest BCUT2D eigenvalue weighted by atomic mass is 16.5. The molecule has 25 heavy (non-hydrogen) atoms. The number of hydrogen-bond donors (Lipinski definition) is 3. The number of ether oxygens (including phenoxy) is 1. The number of benzene rings is 1. The number of aryl methyl sites for hydroxylation is 1. The van der Waals surface area contributed by atoms with Crippen molar-refractivity contribution < 1.29 is 14.3 Å². The van der Waals surface area contributed by atoms with Gasteiger partial charge in [0.05, 0.1) is 6.04 Å². The third-order valence-corrected chi connectivity index (χ3v) is 4.49. The Kier molecular flexibility index (Phi) is 6.96. The van der Waals surface area contributed by atoms with E-state index in [4.69, 9.17) is 10.5 Å². The molecule has 1 aromatic rings. The van der Waals surface area contributed by atoms with Crippen molar-refractivity contribution in [3.63, 3.8) is 0 Å². The summed E-state index contributed by atoms with van der Waals surface area (Å²) in [6, 6.07) is 4.72. The Morgan fingerprint density at radius 2 is 1.96 bits per heavy atom. The summed E-state index contributed by atoms with van der Waals surface area (Å²) in [6.07, 6.45) is 1.62. The Labute approximate surface area is 149 Å². The van der Waals surface area contributed by atoms with Crippen molar-refractivity contribution in [2.75, 3.05) is 25.1 Å². The van der Waals surface area contributed by atoms with Gasteiger partial charge in [0.2, 0.25) is 5.91 Å². The number of rotatable bonds is 6. The lowest BCUT2D eigenvalue weighted by atomic mass is 9.91. The van der Waals surface area contributed by atoms with E-state index in [0.717, 1.165) is 18.4 Å². The largest absolute Gasteiger partial charge is 0.381 e. The van der Waals surface area contributed by atoms with Crippen molar-refractivity contribution in [2.45, 2.75) is 39.7 Å². The van der Waals surface area contributed by atoms with Gasteiger partial charge in [0.15, 0.2) is 0 Å². The number of carbonyl (C=O) groups excluding carboxylic acids is 2. The average Bonchev–Trinajstić information content (AvgIpc) is 2.61. The van der Waals surface area contributed by atoms with Gasteiger partial charge in [0, 0.05) is 31.0 Å². The molecule has 2 rings (SSSR count). The smallest absolute Gasteiger partial charge is 0.251 e. The third-order valence-electron chi connectivity index (χ3n) is 4.49. The van der Waals surface area contributed by atoms with Crippen molar-refractivity contribution >= 4 is 17.5 Å². The predicted octanol–water partition coefficient (Wildman–Crippen LogP) is 2.07. The van der Waals surface area contributed by atoms with Crippen LogP contribution in [0.4, 0.5) is 5.69 Å². The molecule has 1 atom stereocenters. The summed E-state index contributed by atoms with van der Waals surface area (Å²) in [4.78, 5) is 24.5. The van der Waals surface area contributed by atoms with Crippen LogP contribution in [0.1, 0.15) is 42.6 Å². The first-order valence-electron chi connectivity index (χ1n) is 8.91. The fourth-order valence-electron chi connectivity index (χ4n) is 2.85. The first-order chi connectivity index (χ1) is 11.9. The second-order valence-electron chi connectivity index (χ2n) is 7.10. The second kappa shape index (κ2) is 8.97. The van der Waals surface area contributed by atoms with E-state index in [9.17, 15) is 9.59 Å². The van der Waals surface area contributed by atoms with E-state index < -0.39 is 6.04 Å². The number of amides is 2. The summed E-state index contributed by atoms with van der Waals surface area (Å²) < 4.78 is 5.31. The van der Waals surface area contributed by atoms with Gasteiger partial charge in [-0.05, 0) is 55.4 Å². The molecule has 1 unspecified atom stereocenters. The lowest BCUT2D eigenvalue weighted by molar-refractivity contribution is -0.119. The molecule has 6 heteroatoms. The summed E-state index contributed by atoms with van der Waals surface area (Å²) >= 11 is 0. The topological polar surface area (TPSA) is 93.5 Å². The van der Waals surface area contributed by atoms with Crippen molar-refractivity contribution in [3.05, 3.63) is 29.3 Å². The molecule has 0 aromatic heterocycles. The van der Waals surface area contributed by atoms with Crippen molar-refractivity contribution in [3.8, 4) is 0 Å². The van der Waals surface area contributed by atoms with Crippen LogP contribution >= 0.6 is 0 Å². The Bertz CT molecular complexity index is 610. The van der Waals surface area contributed by atoms with E-state index in [-0.39, 0.29) is 17.7 Å². The van der Waals surface area contributed by atoms with E-state index in [1.165, 1.54) is 0 Å². The molecule has 1 saturated heterocycles. The molecule has 0 spiro atoms. The van der Waals surface area contributed by atoms with Crippen LogP contribution in [0.5, 0.6) is 0 Å². The molecular weight excluding hydrogens is 318 g/mol. The van der Waals surface area contributed by atoms with Gasteiger partial charge >= 0.3 is 0 Å². The van der Waals surface area contributed by atoms with Crippen LogP contribution in [0.15, 0.2) is 18.2 Å². The lowest BCUT2D eigenvalue weighted by Crippen LogP contribution is -2.44. The Balaban J connectivity index is 1.97. The molecule has 1 aliphatic rings. The first kappa shape index (κ1) is 19.4. The number of nitrogens with two attached hydrogens (primary N) is 1. The minimum absolute atomic E-state index is 0.103. The molecule has 138 valence electrons. The third kappa shape index (κ3) is 5.54. The average molecular weight is 347 g/mol. The van der Waals surface area contributed by atoms with E-state index in [1.54, 1.807) is 18.2 Å². The maximum absolute atomic E-state index is 12.4. The standard InChI is InChI=1S/C19H29N3O3/c1-12(2)11-21-18(23)15-4-5-16(13(3)10-15)22-19(24)17(20)14-6-8-25-9-7-14/h4-5,10,12,14,17H,6-9,11,20H2,1-3H3,(H,21,23)(H,22,24). The molecule has 0 radical (unpaired) electrons. The molecule has 1 aromatic carbocycles. The summed E-state index contributed by atoms with van der Waals surface area (Å²) in [6.45, 7) is 7.92. The van der Waals surface area contributed by atoms with Crippen molar-refractivity contribution in [2.24, 2.45) is 17.6 Å². The Morgan fingerprint density at radius 1 is 1.28 bits per heavy atom. The van der Waals surface area contributed by atoms with E-state index in [2.05, 4.69) is 10.6 Å². The molecule has 0 aliphatic carbocycles. The molecule has 1 fully saturated rings. The van der Waals surface area contributed by atoms with Gasteiger partial charge in [-0.3, -0.25) is 9.59 Å². The zero-order chi connectivity index (χ0) is 18.4. The van der Waals surface area contributed by atoms with E-state index in [0.29, 0.717) is 36.9 Å². The zero-order valence-corrected chi connectivity index (χ0v) is 15.3. The molecule has 1 aliphatic heterocycles. The summed E-state index contributed by atoms with van der Waals surface area (Å²) in [5, 5.41) is 5.78. The van der Waals surface area contributed by atoms with Gasteiger partial charge in [-0.15, -0.1) is 0 Å². The van der Waals surface area contributed by atoms with Gasteiger partial charge in [-0.1, -0.05) is 13.8 Å². The van der Waals surface area contributed by atoms with Crippen LogP contribution in [0.25, 0.3) is 0 Å². The highest BCUT2D eigenvalue weighted by molar-refractivity contribution is 5.98. The van der Waals surface area contributed by atoms with Crippen molar-refractivity contribution in [1.29, 1.82) is 0 Å². The van der Waals surface area contributed by atoms with E-state index >= 15 is 0 Å². The van der Waals surface area contributed by atoms with Crippen LogP contribution in [0.3, 0.4) is 0 Å². The molecule has 1 heterocycles. The maximum Gasteiger partial charge on any atom is 0.251 e. The minimum Gasteiger partial charge on any atom is -0.381 e. The van der Waals surface area contributed by atoms with Gasteiger partial charge in [0.25, 0.3) is 5.91 Å². The summed E-state index contributed by atoms with van der Waals surface area (Å²) in [5.74, 6) is 0.256. The number of carbonyl (C=O) groups is 2. The van der Waals surface area contributed by atoms with Crippen molar-refractivity contribution in [1.82, 2.24) is 5.32 Å². The fourth-order valence-corrected chi connectivity index (χ4v) is 2.85. The lowest BCUT2D eigenvalue weighted by Gasteiger charge is -2.27. The van der Waals surface area contributed by atoms with Crippen LogP contribution in [0, 0.1) is 18.8 Å². The summed E-state index contributed by atoms with van der Waals surface area (Å²) in [5.41, 5.74) is 8.22. The van der Waals surface area contributed by atoms with Crippen LogP contribution < -0.4 is 16.4 Å². The maximum atomic E-state index is 12.4. The molecule has 4 N–H and O–H groups in total. The SMILES string of the molecule is Cc1cc(C(=O)NCC(C)C)ccc1NC(=O)C(N)C1CCOCC1. The molecule has 2 amide bonds. The fraction of sp³-hybridized carbons (Fsp3) is 0.579. The highest BCUT2D eigenvalue weighted by Gasteiger charge is 2.26. The van der Waals surface area contributed by atoms with Crippen LogP contribution in [-0.4, -0.2) is 37.6 Å². The van der Waals surface area contributed by atoms with Crippen LogP contribution in [-0.2, 0) is 9.53 Å². The molecular formula is C19H29N3O3. The number of anilines is 1. The van der Waals surface area contributed by atoms with Gasteiger partial charge in [-0.2, -0.15) is 0 Å². The Morgan fingerprint density at radius 3 is 2.56 bits per heavy atom. The Hall–Kier alpha value is -1.92. The normalized spacial score (nSPS) is 16.5. The predicted molar refractivity (Wildman–Crippen MR) is 98.5 cm³/mol. The second-order valence-corrected chi connectivity index (χ2v) is 7.10. The van der Waals surface area contributed by atoms with Gasteiger partial charge in [-0.25, -0.2) is 0 Å². The highest BCUT2D eigenvalue weighted by Crippen LogP contribution is 2.21. The van der Waals surface area contributed by atoms with Gasteiger partial charge < -0.3 is 21.1 Å². The number of nitrogens with one attached hydrogen (secondary N) is 2. The molecule has 0 saturated carbocycles. The quantitative estimate of drug-likeness (QED) is 0.734. The summed E-state index contributed by atoms with van der Waals surface area (Å²) in [7, 11) is 0. The van der Waals surface area contributed by atoms with Gasteiger partial charge in [0.1, 0.15) is 0 Å².